The minimum atomic E-state index is -4.51. The second kappa shape index (κ2) is 5.86. The Hall–Kier alpha value is -2.06. The zero-order valence-electron chi connectivity index (χ0n) is 12.0. The molecule has 23 heavy (non-hydrogen) atoms. The maximum atomic E-state index is 12.5. The lowest BCUT2D eigenvalue weighted by molar-refractivity contribution is -0.137. The van der Waals surface area contributed by atoms with Crippen LogP contribution in [0.3, 0.4) is 0 Å². The number of hydrogen-bond donors (Lipinski definition) is 2. The summed E-state index contributed by atoms with van der Waals surface area (Å²) in [6, 6.07) is 7.37. The highest BCUT2D eigenvalue weighted by atomic mass is 32.2. The number of halogens is 3. The molecule has 0 aliphatic rings. The molecule has 124 valence electrons. The van der Waals surface area contributed by atoms with Crippen LogP contribution < -0.4 is 5.73 Å². The van der Waals surface area contributed by atoms with E-state index >= 15 is 0 Å². The van der Waals surface area contributed by atoms with E-state index in [2.05, 4.69) is 0 Å². The van der Waals surface area contributed by atoms with Gasteiger partial charge in [0.25, 0.3) is 0 Å². The van der Waals surface area contributed by atoms with Crippen LogP contribution in [0.1, 0.15) is 22.1 Å². The average molecular weight is 345 g/mol. The number of rotatable bonds is 3. The largest absolute Gasteiger partial charge is 0.508 e. The first-order chi connectivity index (χ1) is 10.5. The van der Waals surface area contributed by atoms with Crippen molar-refractivity contribution >= 4 is 9.84 Å². The van der Waals surface area contributed by atoms with Gasteiger partial charge in [-0.25, -0.2) is 8.42 Å². The Balaban J connectivity index is 2.38. The van der Waals surface area contributed by atoms with E-state index in [0.717, 1.165) is 30.3 Å². The highest BCUT2D eigenvalue weighted by molar-refractivity contribution is 7.91. The molecule has 4 nitrogen and oxygen atoms in total. The normalized spacial score (nSPS) is 13.8. The molecule has 3 N–H and O–H groups in total. The fourth-order valence-corrected chi connectivity index (χ4v) is 3.30. The molecule has 0 spiro atoms. The summed E-state index contributed by atoms with van der Waals surface area (Å²) in [6.45, 7) is 1.60. The molecule has 0 fully saturated rings. The van der Waals surface area contributed by atoms with Gasteiger partial charge in [0.15, 0.2) is 9.84 Å². The summed E-state index contributed by atoms with van der Waals surface area (Å²) in [7, 11) is -4.04. The van der Waals surface area contributed by atoms with Crippen molar-refractivity contribution in [2.75, 3.05) is 0 Å². The summed E-state index contributed by atoms with van der Waals surface area (Å²) < 4.78 is 62.4. The molecule has 0 amide bonds. The van der Waals surface area contributed by atoms with Gasteiger partial charge in [0.05, 0.1) is 10.5 Å². The van der Waals surface area contributed by atoms with Crippen LogP contribution >= 0.6 is 0 Å². The number of alkyl halides is 3. The molecule has 0 radical (unpaired) electrons. The number of benzene rings is 2. The highest BCUT2D eigenvalue weighted by Crippen LogP contribution is 2.32. The van der Waals surface area contributed by atoms with Crippen molar-refractivity contribution < 1.29 is 26.7 Å². The molecule has 0 aromatic heterocycles. The van der Waals surface area contributed by atoms with Gasteiger partial charge in [-0.1, -0.05) is 18.2 Å². The molecule has 8 heteroatoms. The van der Waals surface area contributed by atoms with Gasteiger partial charge in [-0.05, 0) is 42.3 Å². The van der Waals surface area contributed by atoms with Gasteiger partial charge < -0.3 is 10.8 Å². The van der Waals surface area contributed by atoms with Crippen molar-refractivity contribution in [3.05, 3.63) is 59.2 Å². The minimum absolute atomic E-state index is 0.0260. The Labute approximate surface area is 131 Å². The lowest BCUT2D eigenvalue weighted by Gasteiger charge is -2.15. The molecular formula is C15H14F3NO3S. The smallest absolute Gasteiger partial charge is 0.416 e. The van der Waals surface area contributed by atoms with Crippen molar-refractivity contribution in [2.24, 2.45) is 5.73 Å². The fraction of sp³-hybridized carbons (Fsp3) is 0.200. The van der Waals surface area contributed by atoms with E-state index in [1.807, 2.05) is 0 Å². The quantitative estimate of drug-likeness (QED) is 0.895. The zero-order valence-corrected chi connectivity index (χ0v) is 12.8. The predicted molar refractivity (Wildman–Crippen MR) is 78.4 cm³/mol. The summed E-state index contributed by atoms with van der Waals surface area (Å²) in [5.41, 5.74) is 5.33. The van der Waals surface area contributed by atoms with E-state index in [0.29, 0.717) is 5.56 Å². The Morgan fingerprint density at radius 1 is 1.09 bits per heavy atom. The van der Waals surface area contributed by atoms with E-state index in [1.165, 1.54) is 12.1 Å². The Bertz CT molecular complexity index is 815. The zero-order chi connectivity index (χ0) is 17.4. The van der Waals surface area contributed by atoms with Crippen LogP contribution in [-0.2, 0) is 16.0 Å². The van der Waals surface area contributed by atoms with Gasteiger partial charge in [0.2, 0.25) is 0 Å². The molecular weight excluding hydrogens is 331 g/mol. The second-order valence-corrected chi connectivity index (χ2v) is 7.10. The summed E-state index contributed by atoms with van der Waals surface area (Å²) in [5.74, 6) is -0.203. The van der Waals surface area contributed by atoms with Gasteiger partial charge in [0, 0.05) is 0 Å². The van der Waals surface area contributed by atoms with E-state index in [1.54, 1.807) is 6.92 Å². The molecule has 2 aromatic carbocycles. The van der Waals surface area contributed by atoms with E-state index in [9.17, 15) is 26.7 Å². The van der Waals surface area contributed by atoms with Crippen LogP contribution in [0.5, 0.6) is 5.75 Å². The van der Waals surface area contributed by atoms with Crippen molar-refractivity contribution in [3.8, 4) is 5.75 Å². The molecule has 0 aliphatic carbocycles. The first kappa shape index (κ1) is 17.3. The summed E-state index contributed by atoms with van der Waals surface area (Å²) in [6.07, 6.45) is -4.51. The lowest BCUT2D eigenvalue weighted by Crippen LogP contribution is -2.22. The SMILES string of the molecule is Cc1ccc(S(=O)(=O)C(N)c2ccc(C(F)(F)F)cc2)cc1O. The third kappa shape index (κ3) is 3.48. The predicted octanol–water partition coefficient (Wildman–Crippen LogP) is 3.15. The van der Waals surface area contributed by atoms with Crippen molar-refractivity contribution in [1.29, 1.82) is 0 Å². The highest BCUT2D eigenvalue weighted by Gasteiger charge is 2.31. The average Bonchev–Trinajstić information content (AvgIpc) is 2.48. The summed E-state index contributed by atoms with van der Waals surface area (Å²) in [4.78, 5) is -0.201. The van der Waals surface area contributed by atoms with Gasteiger partial charge in [0.1, 0.15) is 11.1 Å². The van der Waals surface area contributed by atoms with Crippen LogP contribution in [0.2, 0.25) is 0 Å². The van der Waals surface area contributed by atoms with E-state index in [-0.39, 0.29) is 16.2 Å². The molecule has 2 aromatic rings. The minimum Gasteiger partial charge on any atom is -0.508 e. The molecule has 0 saturated carbocycles. The Morgan fingerprint density at radius 2 is 1.65 bits per heavy atom. The van der Waals surface area contributed by atoms with E-state index in [4.69, 9.17) is 5.73 Å². The number of nitrogens with two attached hydrogens (primary N) is 1. The molecule has 1 atom stereocenters. The summed E-state index contributed by atoms with van der Waals surface area (Å²) in [5, 5.41) is 8.08. The fourth-order valence-electron chi connectivity index (χ4n) is 1.95. The van der Waals surface area contributed by atoms with Crippen molar-refractivity contribution in [1.82, 2.24) is 0 Å². The van der Waals surface area contributed by atoms with Gasteiger partial charge in [-0.15, -0.1) is 0 Å². The molecule has 0 heterocycles. The topological polar surface area (TPSA) is 80.4 Å². The molecule has 0 saturated heterocycles. The maximum Gasteiger partial charge on any atom is 0.416 e. The molecule has 1 unspecified atom stereocenters. The first-order valence-corrected chi connectivity index (χ1v) is 8.04. The van der Waals surface area contributed by atoms with Gasteiger partial charge in [-0.2, -0.15) is 13.2 Å². The molecule has 0 bridgehead atoms. The maximum absolute atomic E-state index is 12.5. The summed E-state index contributed by atoms with van der Waals surface area (Å²) >= 11 is 0. The first-order valence-electron chi connectivity index (χ1n) is 6.50. The van der Waals surface area contributed by atoms with Crippen LogP contribution in [0.15, 0.2) is 47.4 Å². The lowest BCUT2D eigenvalue weighted by atomic mass is 10.1. The number of sulfone groups is 1. The van der Waals surface area contributed by atoms with Gasteiger partial charge in [-0.3, -0.25) is 0 Å². The monoisotopic (exact) mass is 345 g/mol. The number of phenolic OH excluding ortho intramolecular Hbond substituents is 1. The Morgan fingerprint density at radius 3 is 2.13 bits per heavy atom. The van der Waals surface area contributed by atoms with Crippen LogP contribution in [0.4, 0.5) is 13.2 Å². The number of hydrogen-bond acceptors (Lipinski definition) is 4. The molecule has 2 rings (SSSR count). The number of aromatic hydroxyl groups is 1. The number of aryl methyl sites for hydroxylation is 1. The van der Waals surface area contributed by atoms with E-state index < -0.39 is 27.0 Å². The Kier molecular flexibility index (Phi) is 4.41. The third-order valence-electron chi connectivity index (χ3n) is 3.41. The van der Waals surface area contributed by atoms with Crippen LogP contribution in [0, 0.1) is 6.92 Å². The second-order valence-electron chi connectivity index (χ2n) is 5.03. The third-order valence-corrected chi connectivity index (χ3v) is 5.26. The van der Waals surface area contributed by atoms with Crippen LogP contribution in [-0.4, -0.2) is 13.5 Å². The molecule has 0 aliphatic heterocycles. The number of phenols is 1. The van der Waals surface area contributed by atoms with Crippen molar-refractivity contribution in [2.45, 2.75) is 23.4 Å². The standard InChI is InChI=1S/C15H14F3NO3S/c1-9-2-7-12(8-13(9)20)23(21,22)14(19)10-3-5-11(6-4-10)15(16,17)18/h2-8,14,20H,19H2,1H3. The van der Waals surface area contributed by atoms with Crippen LogP contribution in [0.25, 0.3) is 0 Å². The van der Waals surface area contributed by atoms with Gasteiger partial charge >= 0.3 is 6.18 Å². The van der Waals surface area contributed by atoms with Crippen molar-refractivity contribution in [3.63, 3.8) is 0 Å².